The first-order valence-electron chi connectivity index (χ1n) is 11.8. The molecule has 1 atom stereocenters. The van der Waals surface area contributed by atoms with Gasteiger partial charge in [0.05, 0.1) is 0 Å². The molecule has 0 bridgehead atoms. The molecule has 3 rings (SSSR count). The second-order valence-corrected chi connectivity index (χ2v) is 8.81. The molecule has 0 fully saturated rings. The fourth-order valence-electron chi connectivity index (χ4n) is 3.66. The average molecular weight is 492 g/mol. The monoisotopic (exact) mass is 491 g/mol. The zero-order chi connectivity index (χ0) is 26.2. The van der Waals surface area contributed by atoms with E-state index in [1.54, 1.807) is 44.6 Å². The first-order chi connectivity index (χ1) is 17.2. The van der Waals surface area contributed by atoms with Gasteiger partial charge in [-0.1, -0.05) is 43.3 Å². The molecule has 0 saturated heterocycles. The Hall–Kier alpha value is -4.14. The zero-order valence-corrected chi connectivity index (χ0v) is 21.4. The fraction of sp³-hybridized carbons (Fsp3) is 0.333. The predicted molar refractivity (Wildman–Crippen MR) is 141 cm³/mol. The molecule has 3 aromatic rings. The van der Waals surface area contributed by atoms with Crippen LogP contribution in [0.15, 0.2) is 54.7 Å². The topological polar surface area (TPSA) is 108 Å². The molecular weight excluding hydrogens is 458 g/mol. The Morgan fingerprint density at radius 3 is 2.36 bits per heavy atom. The molecule has 0 spiro atoms. The van der Waals surface area contributed by atoms with Crippen molar-refractivity contribution in [3.05, 3.63) is 65.9 Å². The summed E-state index contributed by atoms with van der Waals surface area (Å²) in [5.74, 6) is 0.364. The van der Waals surface area contributed by atoms with E-state index in [4.69, 9.17) is 9.72 Å². The second kappa shape index (κ2) is 12.0. The minimum absolute atomic E-state index is 0.203. The molecule has 2 aromatic carbocycles. The Kier molecular flexibility index (Phi) is 8.83. The third-order valence-corrected chi connectivity index (χ3v) is 5.65. The van der Waals surface area contributed by atoms with Crippen molar-refractivity contribution in [3.63, 3.8) is 0 Å². The summed E-state index contributed by atoms with van der Waals surface area (Å²) in [6.07, 6.45) is 2.39. The third-order valence-electron chi connectivity index (χ3n) is 5.65. The smallest absolute Gasteiger partial charge is 0.414 e. The summed E-state index contributed by atoms with van der Waals surface area (Å²) >= 11 is 0. The van der Waals surface area contributed by atoms with E-state index in [1.807, 2.05) is 43.1 Å². The zero-order valence-electron chi connectivity index (χ0n) is 21.4. The number of hydrogen-bond acceptors (Lipinski definition) is 7. The summed E-state index contributed by atoms with van der Waals surface area (Å²) < 4.78 is 5.24. The maximum atomic E-state index is 12.2. The fourth-order valence-corrected chi connectivity index (χ4v) is 3.66. The molecule has 1 aromatic heterocycles. The third kappa shape index (κ3) is 6.71. The molecule has 0 saturated carbocycles. The van der Waals surface area contributed by atoms with E-state index in [1.165, 1.54) is 4.90 Å². The number of hydrogen-bond donors (Lipinski definition) is 2. The van der Waals surface area contributed by atoms with Gasteiger partial charge < -0.3 is 25.0 Å². The number of anilines is 2. The molecule has 0 radical (unpaired) electrons. The summed E-state index contributed by atoms with van der Waals surface area (Å²) in [5.41, 5.74) is 3.47. The van der Waals surface area contributed by atoms with Gasteiger partial charge in [0.25, 0.3) is 0 Å². The van der Waals surface area contributed by atoms with Gasteiger partial charge in [-0.2, -0.15) is 4.98 Å². The predicted octanol–water partition coefficient (Wildman–Crippen LogP) is 4.47. The van der Waals surface area contributed by atoms with Gasteiger partial charge in [-0.15, -0.1) is 0 Å². The molecule has 190 valence electrons. The van der Waals surface area contributed by atoms with Crippen molar-refractivity contribution in [1.29, 1.82) is 0 Å². The number of carboxylic acids is 1. The van der Waals surface area contributed by atoms with Crippen molar-refractivity contribution in [3.8, 4) is 16.9 Å². The highest BCUT2D eigenvalue weighted by atomic mass is 16.6. The molecule has 1 heterocycles. The highest BCUT2D eigenvalue weighted by Crippen LogP contribution is 2.30. The van der Waals surface area contributed by atoms with Crippen molar-refractivity contribution in [1.82, 2.24) is 14.9 Å². The lowest BCUT2D eigenvalue weighted by Gasteiger charge is -2.22. The molecule has 1 amide bonds. The van der Waals surface area contributed by atoms with Crippen LogP contribution in [-0.4, -0.2) is 65.8 Å². The molecule has 2 N–H and O–H groups in total. The molecule has 9 nitrogen and oxygen atoms in total. The Morgan fingerprint density at radius 2 is 1.75 bits per heavy atom. The Balaban J connectivity index is 1.90. The summed E-state index contributed by atoms with van der Waals surface area (Å²) in [5, 5.41) is 13.2. The van der Waals surface area contributed by atoms with Crippen LogP contribution in [0, 0.1) is 6.92 Å². The Labute approximate surface area is 211 Å². The minimum Gasteiger partial charge on any atom is -0.480 e. The number of carbonyl (C=O) groups excluding carboxylic acids is 1. The quantitative estimate of drug-likeness (QED) is 0.428. The van der Waals surface area contributed by atoms with E-state index in [0.717, 1.165) is 35.2 Å². The Morgan fingerprint density at radius 1 is 1.06 bits per heavy atom. The number of rotatable bonds is 10. The van der Waals surface area contributed by atoms with Gasteiger partial charge in [-0.05, 0) is 42.2 Å². The average Bonchev–Trinajstić information content (AvgIpc) is 2.85. The van der Waals surface area contributed by atoms with Crippen molar-refractivity contribution >= 4 is 23.8 Å². The van der Waals surface area contributed by atoms with E-state index in [-0.39, 0.29) is 6.42 Å². The van der Waals surface area contributed by atoms with E-state index in [0.29, 0.717) is 17.5 Å². The van der Waals surface area contributed by atoms with Crippen LogP contribution in [0.3, 0.4) is 0 Å². The van der Waals surface area contributed by atoms with E-state index in [9.17, 15) is 14.7 Å². The summed E-state index contributed by atoms with van der Waals surface area (Å²) in [6.45, 7) is 4.84. The number of nitrogens with zero attached hydrogens (tertiary/aromatic N) is 4. The lowest BCUT2D eigenvalue weighted by molar-refractivity contribution is -0.137. The van der Waals surface area contributed by atoms with Gasteiger partial charge in [0, 0.05) is 45.9 Å². The highest BCUT2D eigenvalue weighted by Gasteiger charge is 2.22. The van der Waals surface area contributed by atoms with Gasteiger partial charge in [-0.3, -0.25) is 0 Å². The van der Waals surface area contributed by atoms with Gasteiger partial charge in [-0.25, -0.2) is 14.6 Å². The lowest BCUT2D eigenvalue weighted by atomic mass is 10.0. The number of aliphatic carboxylic acids is 1. The minimum atomic E-state index is -1.00. The molecule has 0 aliphatic heterocycles. The molecule has 0 aliphatic rings. The van der Waals surface area contributed by atoms with Crippen molar-refractivity contribution in [2.24, 2.45) is 0 Å². The maximum absolute atomic E-state index is 12.2. The number of benzene rings is 2. The van der Waals surface area contributed by atoms with Crippen LogP contribution < -0.4 is 15.0 Å². The van der Waals surface area contributed by atoms with E-state index in [2.05, 4.69) is 17.2 Å². The number of carboxylic acid groups (broad SMARTS) is 1. The van der Waals surface area contributed by atoms with Crippen molar-refractivity contribution < 1.29 is 19.4 Å². The van der Waals surface area contributed by atoms with Crippen LogP contribution in [0.2, 0.25) is 0 Å². The first kappa shape index (κ1) is 26.5. The van der Waals surface area contributed by atoms with Crippen molar-refractivity contribution in [2.45, 2.75) is 32.7 Å². The number of amides is 1. The number of aryl methyl sites for hydroxylation is 1. The summed E-state index contributed by atoms with van der Waals surface area (Å²) in [4.78, 5) is 36.5. The molecule has 0 aliphatic carbocycles. The maximum Gasteiger partial charge on any atom is 0.414 e. The standard InChI is InChI=1S/C27H33N5O4/c1-6-15-32(5)26-28-17-22(21-10-8-7-9-18(21)2)24(30-26)29-23(25(33)34)16-19-11-13-20(14-12-19)36-27(35)31(3)4/h7-14,17,23H,6,15-16H2,1-5H3,(H,33,34)(H,28,29,30)/t23-/m0/s1. The van der Waals surface area contributed by atoms with Crippen LogP contribution in [-0.2, 0) is 11.2 Å². The molecular formula is C27H33N5O4. The van der Waals surface area contributed by atoms with Crippen LogP contribution in [0.1, 0.15) is 24.5 Å². The number of aromatic nitrogens is 2. The van der Waals surface area contributed by atoms with Crippen LogP contribution in [0.4, 0.5) is 16.6 Å². The van der Waals surface area contributed by atoms with Gasteiger partial charge in [0.15, 0.2) is 0 Å². The molecule has 36 heavy (non-hydrogen) atoms. The van der Waals surface area contributed by atoms with E-state index < -0.39 is 18.1 Å². The number of nitrogens with one attached hydrogen (secondary N) is 1. The van der Waals surface area contributed by atoms with Crippen LogP contribution in [0.5, 0.6) is 5.75 Å². The highest BCUT2D eigenvalue weighted by molar-refractivity contribution is 5.83. The number of carbonyl (C=O) groups is 2. The summed E-state index contributed by atoms with van der Waals surface area (Å²) in [6, 6.07) is 13.7. The van der Waals surface area contributed by atoms with Crippen molar-refractivity contribution in [2.75, 3.05) is 37.9 Å². The lowest BCUT2D eigenvalue weighted by Crippen LogP contribution is -2.32. The van der Waals surface area contributed by atoms with Crippen LogP contribution in [0.25, 0.3) is 11.1 Å². The number of ether oxygens (including phenoxy) is 1. The van der Waals surface area contributed by atoms with Gasteiger partial charge in [0.1, 0.15) is 17.6 Å². The Bertz CT molecular complexity index is 1200. The second-order valence-electron chi connectivity index (χ2n) is 8.81. The largest absolute Gasteiger partial charge is 0.480 e. The van der Waals surface area contributed by atoms with Crippen LogP contribution >= 0.6 is 0 Å². The van der Waals surface area contributed by atoms with E-state index >= 15 is 0 Å². The SMILES string of the molecule is CCCN(C)c1ncc(-c2ccccc2C)c(N[C@@H](Cc2ccc(OC(=O)N(C)C)cc2)C(=O)O)n1. The normalized spacial score (nSPS) is 11.5. The molecule has 9 heteroatoms. The summed E-state index contributed by atoms with van der Waals surface area (Å²) in [7, 11) is 5.11. The van der Waals surface area contributed by atoms with Gasteiger partial charge in [0.2, 0.25) is 5.95 Å². The van der Waals surface area contributed by atoms with Gasteiger partial charge >= 0.3 is 12.1 Å². The molecule has 0 unspecified atom stereocenters. The first-order valence-corrected chi connectivity index (χ1v) is 11.8.